The highest BCUT2D eigenvalue weighted by Crippen LogP contribution is 2.00. The zero-order chi connectivity index (χ0) is 10.3. The number of hydrogen-bond donors (Lipinski definition) is 0. The van der Waals surface area contributed by atoms with Gasteiger partial charge in [0.2, 0.25) is 0 Å². The van der Waals surface area contributed by atoms with Crippen molar-refractivity contribution in [2.75, 3.05) is 19.6 Å². The van der Waals surface area contributed by atoms with E-state index in [9.17, 15) is 9.70 Å². The van der Waals surface area contributed by atoms with Crippen LogP contribution in [0.25, 0.3) is 0 Å². The molecule has 0 heterocycles. The molecule has 76 valence electrons. The van der Waals surface area contributed by atoms with Crippen LogP contribution < -0.4 is 0 Å². The quantitative estimate of drug-likeness (QED) is 0.565. The molecule has 0 saturated heterocycles. The van der Waals surface area contributed by atoms with Gasteiger partial charge in [-0.1, -0.05) is 25.9 Å². The summed E-state index contributed by atoms with van der Waals surface area (Å²) in [5.41, 5.74) is 0. The summed E-state index contributed by atoms with van der Waals surface area (Å²) in [6.07, 6.45) is 0.387. The molecule has 4 nitrogen and oxygen atoms in total. The van der Waals surface area contributed by atoms with Crippen molar-refractivity contribution in [1.82, 2.24) is 4.90 Å². The van der Waals surface area contributed by atoms with Crippen LogP contribution in [0, 0.1) is 4.91 Å². The van der Waals surface area contributed by atoms with Crippen LogP contribution in [0.2, 0.25) is 0 Å². The zero-order valence-electron chi connectivity index (χ0n) is 8.62. The Morgan fingerprint density at radius 2 is 1.85 bits per heavy atom. The molecule has 0 amide bonds. The van der Waals surface area contributed by atoms with Gasteiger partial charge in [-0.15, -0.1) is 4.91 Å². The van der Waals surface area contributed by atoms with Crippen molar-refractivity contribution >= 4 is 5.78 Å². The van der Waals surface area contributed by atoms with Crippen LogP contribution >= 0.6 is 0 Å². The zero-order valence-corrected chi connectivity index (χ0v) is 8.62. The Hall–Kier alpha value is -0.770. The normalized spacial score (nSPS) is 12.9. The van der Waals surface area contributed by atoms with E-state index < -0.39 is 6.04 Å². The third kappa shape index (κ3) is 4.12. The maximum atomic E-state index is 11.2. The van der Waals surface area contributed by atoms with Crippen LogP contribution in [-0.2, 0) is 4.79 Å². The minimum atomic E-state index is -0.676. The van der Waals surface area contributed by atoms with E-state index in [1.165, 1.54) is 0 Å². The molecule has 0 aliphatic carbocycles. The van der Waals surface area contributed by atoms with Crippen molar-refractivity contribution in [2.45, 2.75) is 33.2 Å². The van der Waals surface area contributed by atoms with Crippen molar-refractivity contribution < 1.29 is 4.79 Å². The van der Waals surface area contributed by atoms with Gasteiger partial charge >= 0.3 is 0 Å². The molecule has 0 fully saturated rings. The number of ketones is 1. The van der Waals surface area contributed by atoms with Gasteiger partial charge in [0.25, 0.3) is 0 Å². The topological polar surface area (TPSA) is 49.7 Å². The monoisotopic (exact) mass is 186 g/mol. The fourth-order valence-corrected chi connectivity index (χ4v) is 1.16. The highest BCUT2D eigenvalue weighted by molar-refractivity contribution is 5.84. The number of hydrogen-bond acceptors (Lipinski definition) is 4. The second kappa shape index (κ2) is 6.71. The summed E-state index contributed by atoms with van der Waals surface area (Å²) in [4.78, 5) is 23.6. The molecule has 0 bridgehead atoms. The first-order valence-electron chi connectivity index (χ1n) is 4.77. The summed E-state index contributed by atoms with van der Waals surface area (Å²) in [5, 5.41) is 2.85. The smallest absolute Gasteiger partial charge is 0.162 e. The fraction of sp³-hybridized carbons (Fsp3) is 0.889. The van der Waals surface area contributed by atoms with Crippen molar-refractivity contribution in [2.24, 2.45) is 5.18 Å². The molecule has 0 aromatic heterocycles. The maximum absolute atomic E-state index is 11.2. The lowest BCUT2D eigenvalue weighted by molar-refractivity contribution is -0.120. The average molecular weight is 186 g/mol. The van der Waals surface area contributed by atoms with Crippen molar-refractivity contribution in [3.05, 3.63) is 4.91 Å². The second-order valence-electron chi connectivity index (χ2n) is 2.93. The number of carbonyl (C=O) groups excluding carboxylic acids is 1. The molecular formula is C9H18N2O2. The summed E-state index contributed by atoms with van der Waals surface area (Å²) in [6, 6.07) is -0.676. The van der Waals surface area contributed by atoms with Crippen LogP contribution in [0.5, 0.6) is 0 Å². The van der Waals surface area contributed by atoms with Gasteiger partial charge in [0.15, 0.2) is 11.8 Å². The van der Waals surface area contributed by atoms with Crippen LogP contribution in [0.3, 0.4) is 0 Å². The molecule has 1 unspecified atom stereocenters. The summed E-state index contributed by atoms with van der Waals surface area (Å²) in [7, 11) is 0. The molecule has 0 spiro atoms. The van der Waals surface area contributed by atoms with Crippen LogP contribution in [0.4, 0.5) is 0 Å². The van der Waals surface area contributed by atoms with E-state index >= 15 is 0 Å². The molecule has 0 radical (unpaired) electrons. The Kier molecular flexibility index (Phi) is 6.32. The first-order valence-corrected chi connectivity index (χ1v) is 4.77. The van der Waals surface area contributed by atoms with Crippen molar-refractivity contribution in [1.29, 1.82) is 0 Å². The summed E-state index contributed by atoms with van der Waals surface area (Å²) in [6.45, 7) is 7.91. The number of nitrogens with zero attached hydrogens (tertiary/aromatic N) is 2. The van der Waals surface area contributed by atoms with Crippen LogP contribution in [-0.4, -0.2) is 36.4 Å². The SMILES string of the molecule is CCC(=O)C(CN(CC)CC)N=O. The predicted molar refractivity (Wildman–Crippen MR) is 52.7 cm³/mol. The molecule has 0 aromatic rings. The van der Waals surface area contributed by atoms with E-state index in [4.69, 9.17) is 0 Å². The molecule has 4 heteroatoms. The minimum absolute atomic E-state index is 0.0677. The average Bonchev–Trinajstić information content (AvgIpc) is 2.19. The van der Waals surface area contributed by atoms with E-state index in [1.54, 1.807) is 6.92 Å². The highest BCUT2D eigenvalue weighted by atomic mass is 16.3. The number of Topliss-reactive ketones (excluding diaryl/α,β-unsaturated/α-hetero) is 1. The standard InChI is InChI=1S/C9H18N2O2/c1-4-9(12)8(10-13)7-11(5-2)6-3/h8H,4-7H2,1-3H3. The third-order valence-electron chi connectivity index (χ3n) is 2.17. The Labute approximate surface area is 79.3 Å². The first-order chi connectivity index (χ1) is 6.19. The summed E-state index contributed by atoms with van der Waals surface area (Å²) < 4.78 is 0. The van der Waals surface area contributed by atoms with E-state index in [0.29, 0.717) is 13.0 Å². The lowest BCUT2D eigenvalue weighted by atomic mass is 10.1. The molecular weight excluding hydrogens is 168 g/mol. The van der Waals surface area contributed by atoms with E-state index in [-0.39, 0.29) is 5.78 Å². The van der Waals surface area contributed by atoms with Crippen LogP contribution in [0.1, 0.15) is 27.2 Å². The molecule has 0 rings (SSSR count). The Balaban J connectivity index is 4.10. The van der Waals surface area contributed by atoms with E-state index in [2.05, 4.69) is 5.18 Å². The fourth-order valence-electron chi connectivity index (χ4n) is 1.16. The number of carbonyl (C=O) groups is 1. The van der Waals surface area contributed by atoms with Crippen LogP contribution in [0.15, 0.2) is 5.18 Å². The van der Waals surface area contributed by atoms with Crippen molar-refractivity contribution in [3.63, 3.8) is 0 Å². The van der Waals surface area contributed by atoms with Gasteiger partial charge < -0.3 is 4.90 Å². The van der Waals surface area contributed by atoms with Gasteiger partial charge in [0, 0.05) is 13.0 Å². The molecule has 13 heavy (non-hydrogen) atoms. The van der Waals surface area contributed by atoms with Gasteiger partial charge in [-0.25, -0.2) is 0 Å². The summed E-state index contributed by atoms with van der Waals surface area (Å²) >= 11 is 0. The first kappa shape index (κ1) is 12.2. The lowest BCUT2D eigenvalue weighted by Gasteiger charge is -2.19. The van der Waals surface area contributed by atoms with Gasteiger partial charge in [0.05, 0.1) is 0 Å². The highest BCUT2D eigenvalue weighted by Gasteiger charge is 2.19. The lowest BCUT2D eigenvalue weighted by Crippen LogP contribution is -2.35. The second-order valence-corrected chi connectivity index (χ2v) is 2.93. The number of rotatable bonds is 7. The summed E-state index contributed by atoms with van der Waals surface area (Å²) in [5.74, 6) is -0.0677. The van der Waals surface area contributed by atoms with Gasteiger partial charge in [-0.05, 0) is 13.1 Å². The third-order valence-corrected chi connectivity index (χ3v) is 2.17. The van der Waals surface area contributed by atoms with E-state index in [1.807, 2.05) is 18.7 Å². The number of nitroso groups, excluding NO2 is 1. The largest absolute Gasteiger partial charge is 0.301 e. The molecule has 0 aliphatic heterocycles. The van der Waals surface area contributed by atoms with Crippen molar-refractivity contribution in [3.8, 4) is 0 Å². The maximum Gasteiger partial charge on any atom is 0.162 e. The minimum Gasteiger partial charge on any atom is -0.301 e. The van der Waals surface area contributed by atoms with Gasteiger partial charge in [-0.3, -0.25) is 4.79 Å². The number of likely N-dealkylation sites (N-methyl/N-ethyl adjacent to an activating group) is 1. The van der Waals surface area contributed by atoms with E-state index in [0.717, 1.165) is 13.1 Å². The Morgan fingerprint density at radius 3 is 2.15 bits per heavy atom. The predicted octanol–water partition coefficient (Wildman–Crippen LogP) is 1.44. The molecule has 0 aliphatic rings. The van der Waals surface area contributed by atoms with Gasteiger partial charge in [-0.2, -0.15) is 0 Å². The molecule has 0 N–H and O–H groups in total. The van der Waals surface area contributed by atoms with Gasteiger partial charge in [0.1, 0.15) is 0 Å². The molecule has 0 saturated carbocycles. The Bertz CT molecular complexity index is 167. The molecule has 0 aromatic carbocycles. The molecule has 1 atom stereocenters. The Morgan fingerprint density at radius 1 is 1.31 bits per heavy atom.